The van der Waals surface area contributed by atoms with Crippen molar-refractivity contribution in [3.05, 3.63) is 77.6 Å². The minimum Gasteiger partial charge on any atom is -0.345 e. The molecule has 0 saturated heterocycles. The molecule has 0 amide bonds. The predicted molar refractivity (Wildman–Crippen MR) is 170 cm³/mol. The lowest BCUT2D eigenvalue weighted by Gasteiger charge is -2.23. The number of hydrogen-bond donors (Lipinski definition) is 0. The Balaban J connectivity index is 0.000000356. The summed E-state index contributed by atoms with van der Waals surface area (Å²) < 4.78 is 2.52. The van der Waals surface area contributed by atoms with Crippen molar-refractivity contribution in [2.75, 3.05) is 0 Å². The van der Waals surface area contributed by atoms with Crippen molar-refractivity contribution in [3.8, 4) is 0 Å². The van der Waals surface area contributed by atoms with E-state index in [0.717, 1.165) is 24.5 Å². The Kier molecular flexibility index (Phi) is 16.0. The van der Waals surface area contributed by atoms with Crippen LogP contribution in [0.15, 0.2) is 49.6 Å². The van der Waals surface area contributed by atoms with Crippen molar-refractivity contribution in [3.63, 3.8) is 0 Å². The maximum Gasteiger partial charge on any atom is 0.0441 e. The van der Waals surface area contributed by atoms with Gasteiger partial charge < -0.3 is 4.57 Å². The summed E-state index contributed by atoms with van der Waals surface area (Å²) in [6.07, 6.45) is 15.9. The number of allylic oxidation sites excluding steroid dienone is 4. The normalized spacial score (nSPS) is 13.8. The lowest BCUT2D eigenvalue weighted by molar-refractivity contribution is 0.323. The van der Waals surface area contributed by atoms with Crippen LogP contribution in [0.1, 0.15) is 134 Å². The van der Waals surface area contributed by atoms with Gasteiger partial charge in [-0.05, 0) is 87.3 Å². The molecular formula is C36H57N. The Labute approximate surface area is 230 Å². The summed E-state index contributed by atoms with van der Waals surface area (Å²) >= 11 is 0. The van der Waals surface area contributed by atoms with Gasteiger partial charge in [0.15, 0.2) is 0 Å². The maximum atomic E-state index is 4.14. The summed E-state index contributed by atoms with van der Waals surface area (Å²) in [6.45, 7) is 26.5. The predicted octanol–water partition coefficient (Wildman–Crippen LogP) is 11.7. The Hall–Kier alpha value is -2.28. The molecule has 0 bridgehead atoms. The molecule has 1 aromatic carbocycles. The molecule has 1 heterocycles. The highest BCUT2D eigenvalue weighted by Crippen LogP contribution is 2.30. The first-order valence-corrected chi connectivity index (χ1v) is 14.9. The molecule has 1 aliphatic carbocycles. The molecule has 37 heavy (non-hydrogen) atoms. The van der Waals surface area contributed by atoms with Gasteiger partial charge in [0.25, 0.3) is 0 Å². The Bertz CT molecular complexity index is 959. The Morgan fingerprint density at radius 2 is 1.51 bits per heavy atom. The van der Waals surface area contributed by atoms with E-state index in [4.69, 9.17) is 0 Å². The second kappa shape index (κ2) is 18.1. The van der Waals surface area contributed by atoms with Crippen LogP contribution in [0.25, 0.3) is 16.7 Å². The number of hydrogen-bond acceptors (Lipinski definition) is 0. The fraction of sp³-hybridized carbons (Fsp3) is 0.556. The van der Waals surface area contributed by atoms with Gasteiger partial charge in [0, 0.05) is 17.9 Å². The van der Waals surface area contributed by atoms with Crippen LogP contribution in [0.5, 0.6) is 0 Å². The van der Waals surface area contributed by atoms with Crippen molar-refractivity contribution in [1.29, 1.82) is 0 Å². The van der Waals surface area contributed by atoms with Crippen molar-refractivity contribution in [2.45, 2.75) is 126 Å². The summed E-state index contributed by atoms with van der Waals surface area (Å²) in [7, 11) is 0. The van der Waals surface area contributed by atoms with E-state index in [2.05, 4.69) is 103 Å². The largest absolute Gasteiger partial charge is 0.345 e. The quantitative estimate of drug-likeness (QED) is 0.320. The molecular weight excluding hydrogens is 446 g/mol. The average molecular weight is 504 g/mol. The van der Waals surface area contributed by atoms with Crippen LogP contribution in [0.4, 0.5) is 0 Å². The molecule has 0 radical (unpaired) electrons. The second-order valence-corrected chi connectivity index (χ2v) is 10.9. The molecule has 3 rings (SSSR count). The van der Waals surface area contributed by atoms with Gasteiger partial charge >= 0.3 is 0 Å². The smallest absolute Gasteiger partial charge is 0.0441 e. The van der Waals surface area contributed by atoms with Crippen LogP contribution in [0, 0.1) is 12.8 Å². The molecule has 1 aliphatic rings. The highest BCUT2D eigenvalue weighted by atomic mass is 15.0. The SMILES string of the molecule is C=C(C)c1cc(/C(C)=C/C)n(CCC2CCCCC2)c1C.C=C(C)c1ccc(CC)cc1.CCCCC. The average Bonchev–Trinajstić information content (AvgIpc) is 3.25. The molecule has 1 fully saturated rings. The zero-order valence-corrected chi connectivity index (χ0v) is 25.7. The molecule has 1 aromatic heterocycles. The number of unbranched alkanes of at least 4 members (excludes halogenated alkanes) is 2. The minimum absolute atomic E-state index is 0.938. The van der Waals surface area contributed by atoms with Gasteiger partial charge in [-0.1, -0.05) is 121 Å². The lowest BCUT2D eigenvalue weighted by Crippen LogP contribution is -2.12. The van der Waals surface area contributed by atoms with E-state index in [0.29, 0.717) is 0 Å². The first-order valence-electron chi connectivity index (χ1n) is 14.9. The van der Waals surface area contributed by atoms with Gasteiger partial charge in [-0.25, -0.2) is 0 Å². The number of rotatable bonds is 9. The third kappa shape index (κ3) is 11.3. The first-order chi connectivity index (χ1) is 17.7. The molecule has 0 aliphatic heterocycles. The molecule has 0 unspecified atom stereocenters. The fourth-order valence-electron chi connectivity index (χ4n) is 5.01. The molecule has 1 nitrogen and oxygen atoms in total. The summed E-state index contributed by atoms with van der Waals surface area (Å²) in [5.74, 6) is 0.938. The van der Waals surface area contributed by atoms with Crippen LogP contribution in [-0.4, -0.2) is 4.57 Å². The van der Waals surface area contributed by atoms with Crippen molar-refractivity contribution >= 4 is 16.7 Å². The minimum atomic E-state index is 0.938. The summed E-state index contributed by atoms with van der Waals surface area (Å²) in [5.41, 5.74) is 10.4. The van der Waals surface area contributed by atoms with Gasteiger partial charge in [-0.15, -0.1) is 0 Å². The highest BCUT2D eigenvalue weighted by Gasteiger charge is 2.17. The van der Waals surface area contributed by atoms with Crippen LogP contribution in [0.2, 0.25) is 0 Å². The highest BCUT2D eigenvalue weighted by molar-refractivity contribution is 5.71. The molecule has 206 valence electrons. The van der Waals surface area contributed by atoms with Gasteiger partial charge in [0.1, 0.15) is 0 Å². The van der Waals surface area contributed by atoms with Crippen LogP contribution >= 0.6 is 0 Å². The lowest BCUT2D eigenvalue weighted by atomic mass is 9.87. The van der Waals surface area contributed by atoms with E-state index in [-0.39, 0.29) is 0 Å². The standard InChI is InChI=1S/C20H31N.C11H14.C5H12/c1-6-16(4)20-14-19(15(2)3)17(5)21(20)13-12-18-10-8-7-9-11-18;1-4-10-5-7-11(8-6-10)9(2)3;1-3-5-4-2/h6,14,18H,2,7-13H2,1,3-5H3;5-8H,2,4H2,1,3H3;3-5H2,1-2H3/b16-6+;;. The van der Waals surface area contributed by atoms with E-state index in [1.165, 1.54) is 97.0 Å². The number of benzene rings is 1. The molecule has 2 aromatic rings. The Morgan fingerprint density at radius 3 is 1.95 bits per heavy atom. The van der Waals surface area contributed by atoms with Crippen molar-refractivity contribution in [2.24, 2.45) is 5.92 Å². The summed E-state index contributed by atoms with van der Waals surface area (Å²) in [5, 5.41) is 0. The molecule has 0 spiro atoms. The molecule has 1 saturated carbocycles. The van der Waals surface area contributed by atoms with Gasteiger partial charge in [-0.3, -0.25) is 0 Å². The van der Waals surface area contributed by atoms with Crippen LogP contribution < -0.4 is 0 Å². The van der Waals surface area contributed by atoms with Gasteiger partial charge in [0.05, 0.1) is 0 Å². The fourth-order valence-corrected chi connectivity index (χ4v) is 5.01. The van der Waals surface area contributed by atoms with Crippen LogP contribution in [0.3, 0.4) is 0 Å². The third-order valence-corrected chi connectivity index (χ3v) is 7.71. The van der Waals surface area contributed by atoms with Crippen LogP contribution in [-0.2, 0) is 13.0 Å². The zero-order chi connectivity index (χ0) is 27.8. The number of aryl methyl sites for hydroxylation is 1. The van der Waals surface area contributed by atoms with Crippen molar-refractivity contribution < 1.29 is 0 Å². The van der Waals surface area contributed by atoms with E-state index < -0.39 is 0 Å². The van der Waals surface area contributed by atoms with Crippen molar-refractivity contribution in [1.82, 2.24) is 4.57 Å². The summed E-state index contributed by atoms with van der Waals surface area (Å²) in [4.78, 5) is 0. The van der Waals surface area contributed by atoms with Gasteiger partial charge in [0.2, 0.25) is 0 Å². The number of nitrogens with zero attached hydrogens (tertiary/aromatic N) is 1. The third-order valence-electron chi connectivity index (χ3n) is 7.71. The van der Waals surface area contributed by atoms with Gasteiger partial charge in [-0.2, -0.15) is 0 Å². The second-order valence-electron chi connectivity index (χ2n) is 10.9. The zero-order valence-electron chi connectivity index (χ0n) is 25.7. The molecule has 1 heteroatoms. The molecule has 0 atom stereocenters. The van der Waals surface area contributed by atoms with E-state index in [9.17, 15) is 0 Å². The number of aromatic nitrogens is 1. The summed E-state index contributed by atoms with van der Waals surface area (Å²) in [6, 6.07) is 10.9. The monoisotopic (exact) mass is 503 g/mol. The first kappa shape index (κ1) is 32.7. The topological polar surface area (TPSA) is 4.93 Å². The molecule has 0 N–H and O–H groups in total. The van der Waals surface area contributed by atoms with E-state index in [1.807, 2.05) is 6.92 Å². The van der Waals surface area contributed by atoms with E-state index >= 15 is 0 Å². The Morgan fingerprint density at radius 1 is 0.919 bits per heavy atom. The van der Waals surface area contributed by atoms with E-state index in [1.54, 1.807) is 0 Å². The maximum absolute atomic E-state index is 4.14.